The van der Waals surface area contributed by atoms with E-state index in [4.69, 9.17) is 16.3 Å². The van der Waals surface area contributed by atoms with E-state index in [-0.39, 0.29) is 37.0 Å². The smallest absolute Gasteiger partial charge is 0.238 e. The number of anilines is 3. The Morgan fingerprint density at radius 2 is 1.63 bits per heavy atom. The SMILES string of the molecule is COCC1=C([C@H](O)CC/C(=C/c2ccc(O)cc2Cl)c2ccccc2)[C@H](CO)[C@@H]2C(=O)N(c3ccc(Nc4ccccc4)cc3)C(=O)[C@@H]2C1. The Labute approximate surface area is 290 Å². The van der Waals surface area contributed by atoms with Crippen LogP contribution in [0.3, 0.4) is 0 Å². The third-order valence-corrected chi connectivity index (χ3v) is 9.72. The monoisotopic (exact) mass is 678 g/mol. The molecule has 1 heterocycles. The number of fused-ring (bicyclic) bond motifs is 1. The Morgan fingerprint density at radius 3 is 2.29 bits per heavy atom. The molecule has 1 saturated heterocycles. The van der Waals surface area contributed by atoms with Gasteiger partial charge in [0.2, 0.25) is 11.8 Å². The average molecular weight is 679 g/mol. The molecule has 0 spiro atoms. The van der Waals surface area contributed by atoms with E-state index >= 15 is 0 Å². The normalized spacial score (nSPS) is 20.0. The lowest BCUT2D eigenvalue weighted by atomic mass is 9.68. The first-order valence-electron chi connectivity index (χ1n) is 16.3. The van der Waals surface area contributed by atoms with E-state index < -0.39 is 30.5 Å². The molecule has 0 radical (unpaired) electrons. The number of amides is 2. The highest BCUT2D eigenvalue weighted by Gasteiger charge is 2.55. The summed E-state index contributed by atoms with van der Waals surface area (Å²) in [5, 5.41) is 36.1. The highest BCUT2D eigenvalue weighted by molar-refractivity contribution is 6.32. The number of rotatable bonds is 12. The van der Waals surface area contributed by atoms with E-state index in [0.29, 0.717) is 22.7 Å². The lowest BCUT2D eigenvalue weighted by Gasteiger charge is -2.36. The third-order valence-electron chi connectivity index (χ3n) is 9.39. The van der Waals surface area contributed by atoms with Gasteiger partial charge in [-0.1, -0.05) is 60.1 Å². The largest absolute Gasteiger partial charge is 0.508 e. The van der Waals surface area contributed by atoms with Gasteiger partial charge in [0.15, 0.2) is 0 Å². The second-order valence-corrected chi connectivity index (χ2v) is 12.9. The number of ether oxygens (including phenoxy) is 1. The lowest BCUT2D eigenvalue weighted by molar-refractivity contribution is -0.123. The number of aromatic hydroxyl groups is 1. The number of phenolic OH excluding ortho intramolecular Hbond substituents is 1. The van der Waals surface area contributed by atoms with E-state index in [0.717, 1.165) is 33.6 Å². The summed E-state index contributed by atoms with van der Waals surface area (Å²) in [5.74, 6) is -2.88. The van der Waals surface area contributed by atoms with E-state index in [2.05, 4.69) is 5.32 Å². The van der Waals surface area contributed by atoms with Crippen LogP contribution in [-0.4, -0.2) is 53.6 Å². The standard InChI is InChI=1S/C40H39ClN2O6/c1-49-24-28-21-33-38(40(48)43(39(33)47)31-16-14-30(15-17-31)42-29-10-6-3-7-11-29)34(23-44)37(28)36(46)19-13-26(25-8-4-2-5-9-25)20-27-12-18-32(45)22-35(27)41/h2-12,14-18,20,22,33-34,36,38,42,44-46H,13,19,21,23-24H2,1H3/b26-20-/t33-,34+,36-,38-/m1/s1. The van der Waals surface area contributed by atoms with Crippen LogP contribution in [0.25, 0.3) is 11.6 Å². The van der Waals surface area contributed by atoms with Crippen molar-refractivity contribution in [3.63, 3.8) is 0 Å². The van der Waals surface area contributed by atoms with Crippen molar-refractivity contribution in [2.24, 2.45) is 17.8 Å². The Hall–Kier alpha value is -4.73. The zero-order valence-electron chi connectivity index (χ0n) is 27.1. The molecule has 49 heavy (non-hydrogen) atoms. The van der Waals surface area contributed by atoms with Gasteiger partial charge in [0, 0.05) is 24.4 Å². The summed E-state index contributed by atoms with van der Waals surface area (Å²) in [7, 11) is 1.55. The topological polar surface area (TPSA) is 119 Å². The minimum Gasteiger partial charge on any atom is -0.508 e. The van der Waals surface area contributed by atoms with E-state index in [1.807, 2.05) is 78.9 Å². The number of nitrogens with one attached hydrogen (secondary N) is 1. The number of benzene rings is 4. The number of halogens is 1. The van der Waals surface area contributed by atoms with Gasteiger partial charge < -0.3 is 25.4 Å². The summed E-state index contributed by atoms with van der Waals surface area (Å²) in [4.78, 5) is 29.1. The van der Waals surface area contributed by atoms with Crippen molar-refractivity contribution in [1.82, 2.24) is 0 Å². The maximum atomic E-state index is 14.0. The second kappa shape index (κ2) is 15.2. The van der Waals surface area contributed by atoms with Gasteiger partial charge in [-0.05, 0) is 108 Å². The van der Waals surface area contributed by atoms with Crippen LogP contribution in [0.15, 0.2) is 114 Å². The molecule has 0 aromatic heterocycles. The van der Waals surface area contributed by atoms with Crippen LogP contribution in [0.5, 0.6) is 5.75 Å². The number of aliphatic hydroxyl groups is 2. The molecule has 0 bridgehead atoms. The van der Waals surface area contributed by atoms with Gasteiger partial charge in [-0.15, -0.1) is 0 Å². The summed E-state index contributed by atoms with van der Waals surface area (Å²) in [6.45, 7) is -0.240. The summed E-state index contributed by atoms with van der Waals surface area (Å²) < 4.78 is 5.52. The average Bonchev–Trinajstić information content (AvgIpc) is 3.36. The van der Waals surface area contributed by atoms with Crippen LogP contribution in [0.2, 0.25) is 5.02 Å². The van der Waals surface area contributed by atoms with Crippen LogP contribution >= 0.6 is 11.6 Å². The fraction of sp³-hybridized carbons (Fsp3) is 0.250. The maximum Gasteiger partial charge on any atom is 0.238 e. The minimum atomic E-state index is -1.01. The molecule has 2 amide bonds. The first-order chi connectivity index (χ1) is 23.8. The molecular formula is C40H39ClN2O6. The minimum absolute atomic E-state index is 0.0673. The third kappa shape index (κ3) is 7.33. The Balaban J connectivity index is 1.25. The summed E-state index contributed by atoms with van der Waals surface area (Å²) >= 11 is 6.44. The highest BCUT2D eigenvalue weighted by atomic mass is 35.5. The zero-order chi connectivity index (χ0) is 34.5. The highest BCUT2D eigenvalue weighted by Crippen LogP contribution is 2.47. The molecule has 2 aliphatic rings. The number of aliphatic hydroxyl groups excluding tert-OH is 2. The number of carbonyl (C=O) groups is 2. The fourth-order valence-corrected chi connectivity index (χ4v) is 7.35. The Bertz CT molecular complexity index is 1860. The fourth-order valence-electron chi connectivity index (χ4n) is 7.12. The van der Waals surface area contributed by atoms with Gasteiger partial charge in [0.05, 0.1) is 41.9 Å². The number of imide groups is 1. The quantitative estimate of drug-likeness (QED) is 0.0709. The number of phenols is 1. The molecule has 4 atom stereocenters. The molecule has 0 unspecified atom stereocenters. The van der Waals surface area contributed by atoms with Crippen LogP contribution in [0, 0.1) is 17.8 Å². The molecule has 4 aromatic rings. The van der Waals surface area contributed by atoms with Crippen molar-refractivity contribution in [3.05, 3.63) is 130 Å². The number of nitrogens with zero attached hydrogens (tertiary/aromatic N) is 1. The first kappa shape index (κ1) is 34.1. The van der Waals surface area contributed by atoms with Crippen LogP contribution in [0.4, 0.5) is 17.1 Å². The van der Waals surface area contributed by atoms with Crippen molar-refractivity contribution < 1.29 is 29.6 Å². The van der Waals surface area contributed by atoms with E-state index in [1.165, 1.54) is 11.0 Å². The second-order valence-electron chi connectivity index (χ2n) is 12.5. The Kier molecular flexibility index (Phi) is 10.6. The van der Waals surface area contributed by atoms with Crippen molar-refractivity contribution in [1.29, 1.82) is 0 Å². The van der Waals surface area contributed by atoms with Gasteiger partial charge in [-0.2, -0.15) is 0 Å². The molecule has 8 nitrogen and oxygen atoms in total. The maximum absolute atomic E-state index is 14.0. The number of hydrogen-bond acceptors (Lipinski definition) is 7. The van der Waals surface area contributed by atoms with Crippen molar-refractivity contribution in [2.75, 3.05) is 30.5 Å². The zero-order valence-corrected chi connectivity index (χ0v) is 27.9. The lowest BCUT2D eigenvalue weighted by Crippen LogP contribution is -2.39. The molecule has 1 aliphatic carbocycles. The van der Waals surface area contributed by atoms with Crippen LogP contribution in [-0.2, 0) is 14.3 Å². The summed E-state index contributed by atoms with van der Waals surface area (Å²) in [5.41, 5.74) is 6.06. The predicted octanol–water partition coefficient (Wildman–Crippen LogP) is 7.23. The number of hydrogen-bond donors (Lipinski definition) is 4. The number of methoxy groups -OCH3 is 1. The van der Waals surface area contributed by atoms with Crippen LogP contribution < -0.4 is 10.2 Å². The molecule has 9 heteroatoms. The van der Waals surface area contributed by atoms with Gasteiger partial charge in [0.25, 0.3) is 0 Å². The van der Waals surface area contributed by atoms with Gasteiger partial charge in [-0.25, -0.2) is 0 Å². The predicted molar refractivity (Wildman–Crippen MR) is 192 cm³/mol. The molecule has 4 aromatic carbocycles. The number of allylic oxidation sites excluding steroid dienone is 1. The van der Waals surface area contributed by atoms with Crippen LogP contribution in [0.1, 0.15) is 30.4 Å². The molecule has 252 valence electrons. The van der Waals surface area contributed by atoms with Gasteiger partial charge >= 0.3 is 0 Å². The van der Waals surface area contributed by atoms with E-state index in [1.54, 1.807) is 31.4 Å². The molecule has 0 saturated carbocycles. The van der Waals surface area contributed by atoms with Gasteiger partial charge in [-0.3, -0.25) is 14.5 Å². The molecule has 1 fully saturated rings. The number of carbonyl (C=O) groups excluding carboxylic acids is 2. The van der Waals surface area contributed by atoms with Gasteiger partial charge in [0.1, 0.15) is 5.75 Å². The summed E-state index contributed by atoms with van der Waals surface area (Å²) in [6.07, 6.45) is 1.91. The van der Waals surface area contributed by atoms with E-state index in [9.17, 15) is 24.9 Å². The van der Waals surface area contributed by atoms with Crippen molar-refractivity contribution >= 4 is 52.1 Å². The Morgan fingerprint density at radius 1 is 0.959 bits per heavy atom. The first-order valence-corrected chi connectivity index (χ1v) is 16.7. The molecular weight excluding hydrogens is 640 g/mol. The van der Waals surface area contributed by atoms with Crippen molar-refractivity contribution in [3.8, 4) is 5.75 Å². The molecule has 6 rings (SSSR count). The summed E-state index contributed by atoms with van der Waals surface area (Å²) in [6, 6.07) is 31.3. The number of para-hydroxylation sites is 1. The molecule has 1 aliphatic heterocycles. The molecule has 4 N–H and O–H groups in total. The van der Waals surface area contributed by atoms with Crippen molar-refractivity contribution in [2.45, 2.75) is 25.4 Å².